The number of carbonyl (C=O) groups excluding carboxylic acids is 1. The summed E-state index contributed by atoms with van der Waals surface area (Å²) in [6, 6.07) is 15.5. The second kappa shape index (κ2) is 6.87. The molecule has 1 aliphatic carbocycles. The van der Waals surface area contributed by atoms with Gasteiger partial charge < -0.3 is 10.1 Å². The monoisotopic (exact) mass is 365 g/mol. The lowest BCUT2D eigenvalue weighted by atomic mass is 9.71. The molecule has 0 atom stereocenters. The Balaban J connectivity index is 1.52. The highest BCUT2D eigenvalue weighted by atomic mass is 19.1. The normalized spacial score (nSPS) is 15.0. The maximum Gasteiger partial charge on any atom is 0.272 e. The minimum atomic E-state index is -0.436. The topological polar surface area (TPSA) is 56.1 Å². The first-order valence-electron chi connectivity index (χ1n) is 8.88. The molecule has 1 amide bonds. The van der Waals surface area contributed by atoms with E-state index in [-0.39, 0.29) is 11.7 Å². The molecule has 1 heterocycles. The van der Waals surface area contributed by atoms with Crippen LogP contribution in [0.25, 0.3) is 5.69 Å². The number of rotatable bonds is 5. The molecule has 0 radical (unpaired) electrons. The Morgan fingerprint density at radius 1 is 1.11 bits per heavy atom. The van der Waals surface area contributed by atoms with Crippen LogP contribution in [0.4, 0.5) is 4.39 Å². The fourth-order valence-electron chi connectivity index (χ4n) is 3.39. The summed E-state index contributed by atoms with van der Waals surface area (Å²) in [4.78, 5) is 12.8. The van der Waals surface area contributed by atoms with E-state index in [9.17, 15) is 9.18 Å². The van der Waals surface area contributed by atoms with Crippen LogP contribution < -0.4 is 10.1 Å². The van der Waals surface area contributed by atoms with Crippen LogP contribution >= 0.6 is 0 Å². The summed E-state index contributed by atoms with van der Waals surface area (Å²) >= 11 is 0. The van der Waals surface area contributed by atoms with Crippen LogP contribution in [0.2, 0.25) is 0 Å². The van der Waals surface area contributed by atoms with Crippen LogP contribution in [0.15, 0.2) is 60.8 Å². The molecule has 0 spiro atoms. The summed E-state index contributed by atoms with van der Waals surface area (Å²) in [5.41, 5.74) is 1.68. The summed E-state index contributed by atoms with van der Waals surface area (Å²) < 4.78 is 20.0. The highest BCUT2D eigenvalue weighted by Gasteiger charge is 2.40. The molecule has 0 bridgehead atoms. The molecule has 6 heteroatoms. The predicted octanol–water partition coefficient (Wildman–Crippen LogP) is 3.83. The van der Waals surface area contributed by atoms with Gasteiger partial charge in [0.2, 0.25) is 0 Å². The van der Waals surface area contributed by atoms with E-state index in [0.717, 1.165) is 36.3 Å². The van der Waals surface area contributed by atoms with Gasteiger partial charge in [0.25, 0.3) is 5.91 Å². The third-order valence-electron chi connectivity index (χ3n) is 5.12. The van der Waals surface area contributed by atoms with Crippen molar-refractivity contribution in [3.8, 4) is 11.4 Å². The van der Waals surface area contributed by atoms with E-state index in [1.807, 2.05) is 24.3 Å². The molecule has 1 fully saturated rings. The summed E-state index contributed by atoms with van der Waals surface area (Å²) in [6.45, 7) is 0. The van der Waals surface area contributed by atoms with E-state index in [4.69, 9.17) is 4.74 Å². The van der Waals surface area contributed by atoms with E-state index < -0.39 is 5.54 Å². The quantitative estimate of drug-likeness (QED) is 0.748. The van der Waals surface area contributed by atoms with Gasteiger partial charge in [-0.05, 0) is 67.3 Å². The number of nitrogens with one attached hydrogen (secondary N) is 1. The van der Waals surface area contributed by atoms with Crippen LogP contribution in [0.3, 0.4) is 0 Å². The molecule has 1 saturated carbocycles. The Labute approximate surface area is 156 Å². The highest BCUT2D eigenvalue weighted by molar-refractivity contribution is 5.93. The molecule has 4 rings (SSSR count). The second-order valence-electron chi connectivity index (χ2n) is 6.74. The van der Waals surface area contributed by atoms with Gasteiger partial charge in [-0.15, -0.1) is 0 Å². The van der Waals surface area contributed by atoms with Crippen molar-refractivity contribution in [1.82, 2.24) is 15.1 Å². The molecule has 138 valence electrons. The Bertz CT molecular complexity index is 944. The molecule has 3 aromatic rings. The van der Waals surface area contributed by atoms with Gasteiger partial charge >= 0.3 is 0 Å². The highest BCUT2D eigenvalue weighted by Crippen LogP contribution is 2.41. The molecule has 0 aliphatic heterocycles. The van der Waals surface area contributed by atoms with Gasteiger partial charge in [-0.2, -0.15) is 5.10 Å². The van der Waals surface area contributed by atoms with Gasteiger partial charge in [-0.25, -0.2) is 9.07 Å². The first-order valence-corrected chi connectivity index (χ1v) is 8.88. The zero-order valence-corrected chi connectivity index (χ0v) is 15.0. The maximum atomic E-state index is 13.2. The third kappa shape index (κ3) is 3.30. The molecule has 1 aromatic heterocycles. The lowest BCUT2D eigenvalue weighted by molar-refractivity contribution is 0.0817. The lowest BCUT2D eigenvalue weighted by Gasteiger charge is -2.43. The molecule has 0 unspecified atom stereocenters. The number of nitrogens with zero attached hydrogens (tertiary/aromatic N) is 2. The molecule has 27 heavy (non-hydrogen) atoms. The smallest absolute Gasteiger partial charge is 0.272 e. The number of hydrogen-bond acceptors (Lipinski definition) is 3. The predicted molar refractivity (Wildman–Crippen MR) is 99.5 cm³/mol. The first-order chi connectivity index (χ1) is 13.1. The Kier molecular flexibility index (Phi) is 4.39. The van der Waals surface area contributed by atoms with Crippen LogP contribution in [-0.2, 0) is 5.54 Å². The minimum Gasteiger partial charge on any atom is -0.497 e. The zero-order valence-electron chi connectivity index (χ0n) is 15.0. The average molecular weight is 365 g/mol. The number of aromatic nitrogens is 2. The molecule has 1 N–H and O–H groups in total. The molecular weight excluding hydrogens is 345 g/mol. The minimum absolute atomic E-state index is 0.230. The number of ether oxygens (including phenoxy) is 1. The van der Waals surface area contributed by atoms with Gasteiger partial charge in [0.1, 0.15) is 11.6 Å². The Hall–Kier alpha value is -3.15. The van der Waals surface area contributed by atoms with E-state index in [1.165, 1.54) is 12.1 Å². The number of carbonyl (C=O) groups is 1. The first kappa shape index (κ1) is 17.3. The van der Waals surface area contributed by atoms with Crippen LogP contribution in [0, 0.1) is 5.82 Å². The molecule has 0 saturated heterocycles. The van der Waals surface area contributed by atoms with Gasteiger partial charge in [-0.1, -0.05) is 12.1 Å². The molecule has 1 aliphatic rings. The number of amides is 1. The third-order valence-corrected chi connectivity index (χ3v) is 5.12. The number of methoxy groups -OCH3 is 1. The van der Waals surface area contributed by atoms with Crippen molar-refractivity contribution in [2.24, 2.45) is 0 Å². The molecular formula is C21H20FN3O2. The zero-order chi connectivity index (χ0) is 18.9. The Morgan fingerprint density at radius 3 is 2.41 bits per heavy atom. The van der Waals surface area contributed by atoms with Crippen molar-refractivity contribution >= 4 is 5.91 Å². The van der Waals surface area contributed by atoms with Crippen molar-refractivity contribution in [1.29, 1.82) is 0 Å². The summed E-state index contributed by atoms with van der Waals surface area (Å²) in [7, 11) is 1.61. The van der Waals surface area contributed by atoms with E-state index in [1.54, 1.807) is 36.2 Å². The van der Waals surface area contributed by atoms with E-state index >= 15 is 0 Å². The second-order valence-corrected chi connectivity index (χ2v) is 6.74. The van der Waals surface area contributed by atoms with Crippen molar-refractivity contribution in [3.05, 3.63) is 77.9 Å². The van der Waals surface area contributed by atoms with Crippen LogP contribution in [0.1, 0.15) is 35.3 Å². The van der Waals surface area contributed by atoms with Crippen molar-refractivity contribution in [2.45, 2.75) is 24.8 Å². The van der Waals surface area contributed by atoms with Crippen molar-refractivity contribution in [2.75, 3.05) is 7.11 Å². The lowest BCUT2D eigenvalue weighted by Crippen LogP contribution is -2.50. The SMILES string of the molecule is COc1ccc(-n2ccc(C(=O)NC3(c4ccc(F)cc4)CCC3)n2)cc1. The fraction of sp³-hybridized carbons (Fsp3) is 0.238. The summed E-state index contributed by atoms with van der Waals surface area (Å²) in [5.74, 6) is 0.249. The van der Waals surface area contributed by atoms with Gasteiger partial charge in [0.15, 0.2) is 5.69 Å². The van der Waals surface area contributed by atoms with E-state index in [2.05, 4.69) is 10.4 Å². The van der Waals surface area contributed by atoms with E-state index in [0.29, 0.717) is 5.69 Å². The average Bonchev–Trinajstić information content (AvgIpc) is 3.16. The Morgan fingerprint density at radius 2 is 1.81 bits per heavy atom. The van der Waals surface area contributed by atoms with Crippen molar-refractivity contribution < 1.29 is 13.9 Å². The molecule has 5 nitrogen and oxygen atoms in total. The standard InChI is InChI=1S/C21H20FN3O2/c1-27-18-9-7-17(8-10-18)25-14-11-19(24-25)20(26)23-21(12-2-13-21)15-3-5-16(22)6-4-15/h3-11,14H,2,12-13H2,1H3,(H,23,26). The van der Waals surface area contributed by atoms with Crippen LogP contribution in [-0.4, -0.2) is 22.8 Å². The van der Waals surface area contributed by atoms with Crippen LogP contribution in [0.5, 0.6) is 5.75 Å². The fourth-order valence-corrected chi connectivity index (χ4v) is 3.39. The van der Waals surface area contributed by atoms with Gasteiger partial charge in [-0.3, -0.25) is 4.79 Å². The van der Waals surface area contributed by atoms with Gasteiger partial charge in [0, 0.05) is 6.20 Å². The molecule has 2 aromatic carbocycles. The number of benzene rings is 2. The van der Waals surface area contributed by atoms with Gasteiger partial charge in [0.05, 0.1) is 18.3 Å². The summed E-state index contributed by atoms with van der Waals surface area (Å²) in [5, 5.41) is 7.50. The number of hydrogen-bond donors (Lipinski definition) is 1. The maximum absolute atomic E-state index is 13.2. The number of halogens is 1. The largest absolute Gasteiger partial charge is 0.497 e. The van der Waals surface area contributed by atoms with Crippen molar-refractivity contribution in [3.63, 3.8) is 0 Å². The summed E-state index contributed by atoms with van der Waals surface area (Å²) in [6.07, 6.45) is 4.45.